The van der Waals surface area contributed by atoms with Gasteiger partial charge in [0.1, 0.15) is 6.61 Å². The highest BCUT2D eigenvalue weighted by Crippen LogP contribution is 2.26. The predicted molar refractivity (Wildman–Crippen MR) is 83.8 cm³/mol. The van der Waals surface area contributed by atoms with Crippen LogP contribution in [-0.2, 0) is 0 Å². The van der Waals surface area contributed by atoms with Crippen LogP contribution in [0.25, 0.3) is 0 Å². The van der Waals surface area contributed by atoms with E-state index in [1.165, 1.54) is 0 Å². The summed E-state index contributed by atoms with van der Waals surface area (Å²) in [6, 6.07) is 13.9. The van der Waals surface area contributed by atoms with Crippen LogP contribution >= 0.6 is 0 Å². The largest absolute Gasteiger partial charge is 0.490 e. The van der Waals surface area contributed by atoms with Crippen LogP contribution in [0.1, 0.15) is 25.6 Å². The minimum absolute atomic E-state index is 0.205. The minimum atomic E-state index is 0.205. The van der Waals surface area contributed by atoms with Crippen molar-refractivity contribution in [3.05, 3.63) is 54.4 Å². The number of para-hydroxylation sites is 2. The van der Waals surface area contributed by atoms with Crippen molar-refractivity contribution in [3.8, 4) is 11.5 Å². The van der Waals surface area contributed by atoms with E-state index in [4.69, 9.17) is 9.47 Å². The van der Waals surface area contributed by atoms with E-state index in [1.54, 1.807) is 0 Å². The van der Waals surface area contributed by atoms with Gasteiger partial charge < -0.3 is 14.8 Å². The summed E-state index contributed by atoms with van der Waals surface area (Å²) in [6.45, 7) is 6.03. The molecule has 0 aliphatic rings. The van der Waals surface area contributed by atoms with Crippen LogP contribution in [0, 0.1) is 0 Å². The molecule has 1 heterocycles. The first kappa shape index (κ1) is 15.3. The molecular weight excluding hydrogens is 264 g/mol. The Morgan fingerprint density at radius 2 is 1.76 bits per heavy atom. The molecule has 0 unspecified atom stereocenters. The molecule has 1 aromatic heterocycles. The Bertz CT molecular complexity index is 531. The molecule has 2 aromatic rings. The quantitative estimate of drug-likeness (QED) is 0.757. The lowest BCUT2D eigenvalue weighted by Gasteiger charge is -2.15. The molecule has 0 radical (unpaired) electrons. The van der Waals surface area contributed by atoms with Crippen LogP contribution in [0.2, 0.25) is 0 Å². The SMILES string of the molecule is CCOc1ccccc1OCCN[C@H](C)c1ccccn1. The van der Waals surface area contributed by atoms with Crippen LogP contribution in [0.3, 0.4) is 0 Å². The summed E-state index contributed by atoms with van der Waals surface area (Å²) < 4.78 is 11.3. The van der Waals surface area contributed by atoms with Gasteiger partial charge in [-0.25, -0.2) is 0 Å². The predicted octanol–water partition coefficient (Wildman–Crippen LogP) is 3.21. The normalized spacial score (nSPS) is 11.9. The van der Waals surface area contributed by atoms with Gasteiger partial charge in [-0.2, -0.15) is 0 Å². The summed E-state index contributed by atoms with van der Waals surface area (Å²) in [5.41, 5.74) is 1.03. The summed E-state index contributed by atoms with van der Waals surface area (Å²) in [7, 11) is 0. The molecule has 0 fully saturated rings. The third kappa shape index (κ3) is 4.76. The molecule has 0 bridgehead atoms. The van der Waals surface area contributed by atoms with Crippen molar-refractivity contribution in [2.24, 2.45) is 0 Å². The summed E-state index contributed by atoms with van der Waals surface area (Å²) in [5, 5.41) is 3.39. The van der Waals surface area contributed by atoms with Gasteiger partial charge in [-0.1, -0.05) is 18.2 Å². The van der Waals surface area contributed by atoms with Crippen molar-refractivity contribution in [3.63, 3.8) is 0 Å². The van der Waals surface area contributed by atoms with Crippen molar-refractivity contribution >= 4 is 0 Å². The smallest absolute Gasteiger partial charge is 0.161 e. The Balaban J connectivity index is 1.77. The van der Waals surface area contributed by atoms with Gasteiger partial charge in [0.2, 0.25) is 0 Å². The Labute approximate surface area is 126 Å². The van der Waals surface area contributed by atoms with Crippen molar-refractivity contribution < 1.29 is 9.47 Å². The first-order valence-corrected chi connectivity index (χ1v) is 7.30. The maximum Gasteiger partial charge on any atom is 0.161 e. The lowest BCUT2D eigenvalue weighted by Crippen LogP contribution is -2.25. The molecule has 4 nitrogen and oxygen atoms in total. The Morgan fingerprint density at radius 1 is 1.05 bits per heavy atom. The van der Waals surface area contributed by atoms with E-state index in [1.807, 2.05) is 55.6 Å². The summed E-state index contributed by atoms with van der Waals surface area (Å²) >= 11 is 0. The average Bonchev–Trinajstić information content (AvgIpc) is 2.54. The molecule has 0 aliphatic carbocycles. The van der Waals surface area contributed by atoms with Gasteiger partial charge in [0.15, 0.2) is 11.5 Å². The molecule has 1 aromatic carbocycles. The van der Waals surface area contributed by atoms with E-state index >= 15 is 0 Å². The van der Waals surface area contributed by atoms with E-state index in [9.17, 15) is 0 Å². The third-order valence-corrected chi connectivity index (χ3v) is 3.09. The fourth-order valence-electron chi connectivity index (χ4n) is 2.02. The number of hydrogen-bond acceptors (Lipinski definition) is 4. The number of nitrogens with zero attached hydrogens (tertiary/aromatic N) is 1. The van der Waals surface area contributed by atoms with Gasteiger partial charge >= 0.3 is 0 Å². The molecular formula is C17H22N2O2. The van der Waals surface area contributed by atoms with E-state index in [2.05, 4.69) is 17.2 Å². The lowest BCUT2D eigenvalue weighted by atomic mass is 10.2. The molecule has 4 heteroatoms. The molecule has 2 rings (SSSR count). The second-order valence-electron chi connectivity index (χ2n) is 4.66. The third-order valence-electron chi connectivity index (χ3n) is 3.09. The van der Waals surface area contributed by atoms with Gasteiger partial charge in [0, 0.05) is 18.8 Å². The topological polar surface area (TPSA) is 43.4 Å². The number of aromatic nitrogens is 1. The zero-order valence-corrected chi connectivity index (χ0v) is 12.6. The highest BCUT2D eigenvalue weighted by molar-refractivity contribution is 5.39. The highest BCUT2D eigenvalue weighted by atomic mass is 16.5. The van der Waals surface area contributed by atoms with E-state index in [0.29, 0.717) is 13.2 Å². The van der Waals surface area contributed by atoms with E-state index in [0.717, 1.165) is 23.7 Å². The Hall–Kier alpha value is -2.07. The van der Waals surface area contributed by atoms with Crippen molar-refractivity contribution in [2.75, 3.05) is 19.8 Å². The standard InChI is InChI=1S/C17H22N2O2/c1-3-20-16-9-4-5-10-17(16)21-13-12-18-14(2)15-8-6-7-11-19-15/h4-11,14,18H,3,12-13H2,1-2H3/t14-/m1/s1. The van der Waals surface area contributed by atoms with Gasteiger partial charge in [0.25, 0.3) is 0 Å². The molecule has 21 heavy (non-hydrogen) atoms. The van der Waals surface area contributed by atoms with Crippen molar-refractivity contribution in [2.45, 2.75) is 19.9 Å². The van der Waals surface area contributed by atoms with Crippen LogP contribution in [0.4, 0.5) is 0 Å². The van der Waals surface area contributed by atoms with Crippen molar-refractivity contribution in [1.29, 1.82) is 0 Å². The number of pyridine rings is 1. The van der Waals surface area contributed by atoms with Crippen LogP contribution in [-0.4, -0.2) is 24.7 Å². The molecule has 0 spiro atoms. The summed E-state index contributed by atoms with van der Waals surface area (Å²) in [6.07, 6.45) is 1.81. The monoisotopic (exact) mass is 286 g/mol. The van der Waals surface area contributed by atoms with Crippen LogP contribution < -0.4 is 14.8 Å². The van der Waals surface area contributed by atoms with Gasteiger partial charge in [-0.15, -0.1) is 0 Å². The molecule has 1 N–H and O–H groups in total. The summed E-state index contributed by atoms with van der Waals surface area (Å²) in [4.78, 5) is 4.33. The molecule has 0 saturated heterocycles. The Morgan fingerprint density at radius 3 is 2.43 bits per heavy atom. The molecule has 112 valence electrons. The zero-order chi connectivity index (χ0) is 14.9. The zero-order valence-electron chi connectivity index (χ0n) is 12.6. The molecule has 0 saturated carbocycles. The van der Waals surface area contributed by atoms with Gasteiger partial charge in [-0.3, -0.25) is 4.98 Å². The molecule has 1 atom stereocenters. The molecule has 0 aliphatic heterocycles. The lowest BCUT2D eigenvalue weighted by molar-refractivity contribution is 0.272. The second-order valence-corrected chi connectivity index (χ2v) is 4.66. The van der Waals surface area contributed by atoms with Gasteiger partial charge in [0.05, 0.1) is 12.3 Å². The highest BCUT2D eigenvalue weighted by Gasteiger charge is 2.06. The number of rotatable bonds is 8. The van der Waals surface area contributed by atoms with Crippen LogP contribution in [0.15, 0.2) is 48.7 Å². The summed E-state index contributed by atoms with van der Waals surface area (Å²) in [5.74, 6) is 1.57. The van der Waals surface area contributed by atoms with E-state index < -0.39 is 0 Å². The van der Waals surface area contributed by atoms with E-state index in [-0.39, 0.29) is 6.04 Å². The van der Waals surface area contributed by atoms with Crippen molar-refractivity contribution in [1.82, 2.24) is 10.3 Å². The number of benzene rings is 1. The first-order valence-electron chi connectivity index (χ1n) is 7.30. The second kappa shape index (κ2) is 8.27. The Kier molecular flexibility index (Phi) is 6.03. The van der Waals surface area contributed by atoms with Gasteiger partial charge in [-0.05, 0) is 38.1 Å². The maximum absolute atomic E-state index is 5.77. The first-order chi connectivity index (χ1) is 10.3. The average molecular weight is 286 g/mol. The minimum Gasteiger partial charge on any atom is -0.490 e. The maximum atomic E-state index is 5.77. The number of ether oxygens (including phenoxy) is 2. The number of hydrogen-bond donors (Lipinski definition) is 1. The number of nitrogens with one attached hydrogen (secondary N) is 1. The fraction of sp³-hybridized carbons (Fsp3) is 0.353. The van der Waals surface area contributed by atoms with Crippen LogP contribution in [0.5, 0.6) is 11.5 Å². The molecule has 0 amide bonds. The fourth-order valence-corrected chi connectivity index (χ4v) is 2.02.